The topological polar surface area (TPSA) is 69.6 Å². The fraction of sp³-hybridized carbons (Fsp3) is 0.429. The van der Waals surface area contributed by atoms with Crippen molar-refractivity contribution in [3.8, 4) is 11.8 Å². The minimum absolute atomic E-state index is 0.228. The maximum absolute atomic E-state index is 12.1. The highest BCUT2D eigenvalue weighted by molar-refractivity contribution is 7.90. The number of hydrogen-bond acceptors (Lipinski definition) is 3. The third-order valence-electron chi connectivity index (χ3n) is 2.68. The summed E-state index contributed by atoms with van der Waals surface area (Å²) in [5.74, 6) is 5.31. The van der Waals surface area contributed by atoms with Crippen LogP contribution in [0.5, 0.6) is 0 Å². The molecule has 0 radical (unpaired) electrons. The summed E-state index contributed by atoms with van der Waals surface area (Å²) in [7, 11) is -3.54. The zero-order chi connectivity index (χ0) is 15.2. The number of aryl methyl sites for hydroxylation is 1. The van der Waals surface area contributed by atoms with Gasteiger partial charge in [0.1, 0.15) is 6.61 Å². The first-order valence-corrected chi connectivity index (χ1v) is 7.86. The molecule has 6 heteroatoms. The molecule has 0 fully saturated rings. The predicted molar refractivity (Wildman–Crippen MR) is 80.6 cm³/mol. The first-order chi connectivity index (χ1) is 9.42. The smallest absolute Gasteiger partial charge is 0.301 e. The molecule has 1 aromatic carbocycles. The van der Waals surface area contributed by atoms with Crippen LogP contribution in [0.3, 0.4) is 0 Å². The van der Waals surface area contributed by atoms with E-state index in [1.165, 1.54) is 4.31 Å². The molecule has 0 atom stereocenters. The van der Waals surface area contributed by atoms with E-state index < -0.39 is 10.2 Å². The van der Waals surface area contributed by atoms with E-state index >= 15 is 0 Å². The first kappa shape index (κ1) is 16.5. The Kier molecular flexibility index (Phi) is 6.02. The van der Waals surface area contributed by atoms with Crippen LogP contribution in [-0.4, -0.2) is 37.5 Å². The lowest BCUT2D eigenvalue weighted by molar-refractivity contribution is 0.350. The highest BCUT2D eigenvalue weighted by atomic mass is 32.2. The Balaban J connectivity index is 3.06. The van der Waals surface area contributed by atoms with E-state index in [0.29, 0.717) is 24.3 Å². The molecule has 0 saturated carbocycles. The molecule has 2 N–H and O–H groups in total. The van der Waals surface area contributed by atoms with Gasteiger partial charge in [-0.15, -0.1) is 0 Å². The van der Waals surface area contributed by atoms with Gasteiger partial charge in [0.05, 0.1) is 5.69 Å². The molecule has 0 aliphatic carbocycles. The third kappa shape index (κ3) is 4.53. The van der Waals surface area contributed by atoms with Gasteiger partial charge in [0.15, 0.2) is 0 Å². The van der Waals surface area contributed by atoms with E-state index in [4.69, 9.17) is 5.11 Å². The van der Waals surface area contributed by atoms with Gasteiger partial charge in [-0.3, -0.25) is 4.72 Å². The van der Waals surface area contributed by atoms with Crippen molar-refractivity contribution in [2.75, 3.05) is 24.4 Å². The molecule has 0 saturated heterocycles. The van der Waals surface area contributed by atoms with Crippen LogP contribution in [0.15, 0.2) is 18.2 Å². The highest BCUT2D eigenvalue weighted by Gasteiger charge is 2.18. The number of nitrogens with zero attached hydrogens (tertiary/aromatic N) is 1. The minimum Gasteiger partial charge on any atom is -0.384 e. The van der Waals surface area contributed by atoms with Crippen molar-refractivity contribution < 1.29 is 13.5 Å². The van der Waals surface area contributed by atoms with Crippen molar-refractivity contribution in [1.82, 2.24) is 4.31 Å². The van der Waals surface area contributed by atoms with E-state index in [-0.39, 0.29) is 6.61 Å². The lowest BCUT2D eigenvalue weighted by atomic mass is 10.1. The maximum Gasteiger partial charge on any atom is 0.301 e. The molecular weight excluding hydrogens is 276 g/mol. The van der Waals surface area contributed by atoms with Crippen molar-refractivity contribution >= 4 is 15.9 Å². The Morgan fingerprint density at radius 3 is 2.45 bits per heavy atom. The van der Waals surface area contributed by atoms with E-state index in [1.807, 2.05) is 13.0 Å². The van der Waals surface area contributed by atoms with Gasteiger partial charge in [0, 0.05) is 18.7 Å². The number of hydrogen-bond donors (Lipinski definition) is 2. The van der Waals surface area contributed by atoms with Gasteiger partial charge in [0.2, 0.25) is 0 Å². The Morgan fingerprint density at radius 2 is 1.90 bits per heavy atom. The highest BCUT2D eigenvalue weighted by Crippen LogP contribution is 2.16. The summed E-state index contributed by atoms with van der Waals surface area (Å²) in [4.78, 5) is 0. The van der Waals surface area contributed by atoms with Crippen LogP contribution in [-0.2, 0) is 10.2 Å². The SMILES string of the molecule is CCN(CC)S(=O)(=O)Nc1cc(C)cc(C#CCO)c1. The number of nitrogens with one attached hydrogen (secondary N) is 1. The molecule has 0 aliphatic rings. The van der Waals surface area contributed by atoms with Crippen molar-refractivity contribution in [2.45, 2.75) is 20.8 Å². The van der Waals surface area contributed by atoms with Crippen molar-refractivity contribution in [2.24, 2.45) is 0 Å². The summed E-state index contributed by atoms with van der Waals surface area (Å²) in [5, 5.41) is 8.70. The molecule has 5 nitrogen and oxygen atoms in total. The second kappa shape index (κ2) is 7.29. The molecule has 0 heterocycles. The first-order valence-electron chi connectivity index (χ1n) is 6.42. The van der Waals surface area contributed by atoms with Gasteiger partial charge in [0.25, 0.3) is 0 Å². The standard InChI is InChI=1S/C14H20N2O3S/c1-4-16(5-2)20(18,19)15-14-10-12(3)9-13(11-14)7-6-8-17/h9-11,15,17H,4-5,8H2,1-3H3. The van der Waals surface area contributed by atoms with Crippen LogP contribution in [0.4, 0.5) is 5.69 Å². The number of benzene rings is 1. The number of anilines is 1. The summed E-state index contributed by atoms with van der Waals surface area (Å²) in [6, 6.07) is 5.22. The molecule has 0 unspecified atom stereocenters. The van der Waals surface area contributed by atoms with Crippen LogP contribution >= 0.6 is 0 Å². The number of aliphatic hydroxyl groups excluding tert-OH is 1. The molecular formula is C14H20N2O3S. The van der Waals surface area contributed by atoms with Crippen LogP contribution in [0.25, 0.3) is 0 Å². The quantitative estimate of drug-likeness (QED) is 0.806. The minimum atomic E-state index is -3.54. The molecule has 0 bridgehead atoms. The fourth-order valence-electron chi connectivity index (χ4n) is 1.83. The molecule has 1 rings (SSSR count). The Labute approximate surface area is 120 Å². The fourth-order valence-corrected chi connectivity index (χ4v) is 3.06. The third-order valence-corrected chi connectivity index (χ3v) is 4.37. The normalized spacial score (nSPS) is 11.1. The van der Waals surface area contributed by atoms with E-state index in [2.05, 4.69) is 16.6 Å². The monoisotopic (exact) mass is 296 g/mol. The summed E-state index contributed by atoms with van der Waals surface area (Å²) < 4.78 is 28.2. The van der Waals surface area contributed by atoms with Gasteiger partial charge in [-0.25, -0.2) is 0 Å². The lowest BCUT2D eigenvalue weighted by Crippen LogP contribution is -2.35. The van der Waals surface area contributed by atoms with Gasteiger partial charge < -0.3 is 5.11 Å². The van der Waals surface area contributed by atoms with Crippen molar-refractivity contribution in [1.29, 1.82) is 0 Å². The molecule has 1 aromatic rings. The van der Waals surface area contributed by atoms with E-state index in [1.54, 1.807) is 26.0 Å². The predicted octanol–water partition coefficient (Wildman–Crippen LogP) is 1.34. The number of aliphatic hydroxyl groups is 1. The van der Waals surface area contributed by atoms with Crippen LogP contribution in [0, 0.1) is 18.8 Å². The van der Waals surface area contributed by atoms with Gasteiger partial charge >= 0.3 is 10.2 Å². The molecule has 0 aliphatic heterocycles. The summed E-state index contributed by atoms with van der Waals surface area (Å²) in [6.45, 7) is 6.03. The second-order valence-corrected chi connectivity index (χ2v) is 5.91. The molecule has 0 amide bonds. The van der Waals surface area contributed by atoms with Crippen LogP contribution in [0.1, 0.15) is 25.0 Å². The zero-order valence-electron chi connectivity index (χ0n) is 12.0. The molecule has 110 valence electrons. The van der Waals surface area contributed by atoms with Gasteiger partial charge in [-0.2, -0.15) is 12.7 Å². The largest absolute Gasteiger partial charge is 0.384 e. The van der Waals surface area contributed by atoms with E-state index in [9.17, 15) is 8.42 Å². The van der Waals surface area contributed by atoms with Crippen molar-refractivity contribution in [3.63, 3.8) is 0 Å². The summed E-state index contributed by atoms with van der Waals surface area (Å²) in [6.07, 6.45) is 0. The van der Waals surface area contributed by atoms with Crippen molar-refractivity contribution in [3.05, 3.63) is 29.3 Å². The molecule has 0 aromatic heterocycles. The summed E-state index contributed by atoms with van der Waals surface area (Å²) >= 11 is 0. The van der Waals surface area contributed by atoms with Crippen LogP contribution < -0.4 is 4.72 Å². The maximum atomic E-state index is 12.1. The Bertz CT molecular complexity index is 611. The Hall–Kier alpha value is -1.55. The van der Waals surface area contributed by atoms with Crippen LogP contribution in [0.2, 0.25) is 0 Å². The zero-order valence-corrected chi connectivity index (χ0v) is 12.8. The van der Waals surface area contributed by atoms with Gasteiger partial charge in [-0.1, -0.05) is 25.7 Å². The second-order valence-electron chi connectivity index (χ2n) is 4.24. The summed E-state index contributed by atoms with van der Waals surface area (Å²) in [5.41, 5.74) is 2.03. The average molecular weight is 296 g/mol. The van der Waals surface area contributed by atoms with Gasteiger partial charge in [-0.05, 0) is 30.7 Å². The van der Waals surface area contributed by atoms with E-state index in [0.717, 1.165) is 5.56 Å². The Morgan fingerprint density at radius 1 is 1.25 bits per heavy atom. The molecule has 0 spiro atoms. The number of rotatable bonds is 5. The lowest BCUT2D eigenvalue weighted by Gasteiger charge is -2.19. The molecule has 20 heavy (non-hydrogen) atoms. The average Bonchev–Trinajstić information content (AvgIpc) is 2.36.